The number of hydrogen-bond donors (Lipinski definition) is 2. The fraction of sp³-hybridized carbons (Fsp3) is 0. The zero-order valence-electron chi connectivity index (χ0n) is 16.2. The zero-order chi connectivity index (χ0) is 21.6. The number of rotatable bonds is 5. The standard InChI is InChI=1S/C23H17BrFN5S/c24-18-8-6-16(7-9-18)22-17(15-30(29-22)21-4-2-1-3-5-21)14-26-28-23(31)27-20-12-10-19(25)11-13-20/h1-15H,(H2,27,28,31)/b26-14+. The van der Waals surface area contributed by atoms with Crippen molar-refractivity contribution in [3.05, 3.63) is 101 Å². The lowest BCUT2D eigenvalue weighted by atomic mass is 10.1. The van der Waals surface area contributed by atoms with E-state index >= 15 is 0 Å². The Kier molecular flexibility index (Phi) is 6.49. The van der Waals surface area contributed by atoms with Crippen LogP contribution in [-0.4, -0.2) is 21.1 Å². The summed E-state index contributed by atoms with van der Waals surface area (Å²) in [6, 6.07) is 23.7. The third-order valence-corrected chi connectivity index (χ3v) is 5.07. The van der Waals surface area contributed by atoms with Gasteiger partial charge in [-0.3, -0.25) is 5.43 Å². The molecule has 8 heteroatoms. The molecule has 154 valence electrons. The van der Waals surface area contributed by atoms with Crippen molar-refractivity contribution in [3.63, 3.8) is 0 Å². The van der Waals surface area contributed by atoms with Crippen LogP contribution in [0.2, 0.25) is 0 Å². The average Bonchev–Trinajstić information content (AvgIpc) is 3.21. The summed E-state index contributed by atoms with van der Waals surface area (Å²) in [5, 5.41) is 12.3. The Balaban J connectivity index is 1.55. The van der Waals surface area contributed by atoms with Gasteiger partial charge in [-0.05, 0) is 60.7 Å². The van der Waals surface area contributed by atoms with Crippen LogP contribution in [0.5, 0.6) is 0 Å². The van der Waals surface area contributed by atoms with Gasteiger partial charge in [-0.2, -0.15) is 10.2 Å². The predicted molar refractivity (Wildman–Crippen MR) is 130 cm³/mol. The molecule has 0 aliphatic rings. The number of nitrogens with one attached hydrogen (secondary N) is 2. The Hall–Kier alpha value is -3.36. The molecule has 3 aromatic carbocycles. The van der Waals surface area contributed by atoms with Gasteiger partial charge in [0.15, 0.2) is 5.11 Å². The highest BCUT2D eigenvalue weighted by Gasteiger charge is 2.11. The van der Waals surface area contributed by atoms with Crippen LogP contribution >= 0.6 is 28.1 Å². The van der Waals surface area contributed by atoms with Crippen LogP contribution in [0.4, 0.5) is 10.1 Å². The van der Waals surface area contributed by atoms with Crippen molar-refractivity contribution in [2.75, 3.05) is 5.32 Å². The number of thiocarbonyl (C=S) groups is 1. The summed E-state index contributed by atoms with van der Waals surface area (Å²) in [4.78, 5) is 0. The average molecular weight is 494 g/mol. The molecule has 0 atom stereocenters. The van der Waals surface area contributed by atoms with Gasteiger partial charge in [0.2, 0.25) is 0 Å². The molecule has 1 aromatic heterocycles. The smallest absolute Gasteiger partial charge is 0.191 e. The van der Waals surface area contributed by atoms with Crippen LogP contribution < -0.4 is 10.7 Å². The van der Waals surface area contributed by atoms with Gasteiger partial charge in [-0.1, -0.05) is 46.3 Å². The van der Waals surface area contributed by atoms with Gasteiger partial charge in [-0.15, -0.1) is 0 Å². The molecule has 2 N–H and O–H groups in total. The van der Waals surface area contributed by atoms with Crippen molar-refractivity contribution in [1.29, 1.82) is 0 Å². The second-order valence-corrected chi connectivity index (χ2v) is 7.88. The Morgan fingerprint density at radius 1 is 1.00 bits per heavy atom. The zero-order valence-corrected chi connectivity index (χ0v) is 18.6. The Labute approximate surface area is 192 Å². The van der Waals surface area contributed by atoms with Crippen molar-refractivity contribution in [2.45, 2.75) is 0 Å². The van der Waals surface area contributed by atoms with E-state index < -0.39 is 0 Å². The van der Waals surface area contributed by atoms with Gasteiger partial charge in [0.05, 0.1) is 11.9 Å². The molecule has 0 fully saturated rings. The summed E-state index contributed by atoms with van der Waals surface area (Å²) in [7, 11) is 0. The van der Waals surface area contributed by atoms with Crippen molar-refractivity contribution in [1.82, 2.24) is 15.2 Å². The molecular formula is C23H17BrFN5S. The van der Waals surface area contributed by atoms with Gasteiger partial charge in [0.25, 0.3) is 0 Å². The minimum absolute atomic E-state index is 0.295. The van der Waals surface area contributed by atoms with Gasteiger partial charge in [0.1, 0.15) is 11.5 Å². The molecule has 0 aliphatic carbocycles. The van der Waals surface area contributed by atoms with Crippen LogP contribution in [0.25, 0.3) is 16.9 Å². The molecule has 4 rings (SSSR count). The van der Waals surface area contributed by atoms with Gasteiger partial charge >= 0.3 is 0 Å². The van der Waals surface area contributed by atoms with Crippen molar-refractivity contribution < 1.29 is 4.39 Å². The Morgan fingerprint density at radius 2 is 1.71 bits per heavy atom. The summed E-state index contributed by atoms with van der Waals surface area (Å²) in [6.07, 6.45) is 3.58. The fourth-order valence-corrected chi connectivity index (χ4v) is 3.31. The van der Waals surface area contributed by atoms with Gasteiger partial charge in [-0.25, -0.2) is 9.07 Å². The number of benzene rings is 3. The summed E-state index contributed by atoms with van der Waals surface area (Å²) >= 11 is 8.71. The SMILES string of the molecule is Fc1ccc(NC(=S)N/N=C/c2cn(-c3ccccc3)nc2-c2ccc(Br)cc2)cc1. The van der Waals surface area contributed by atoms with E-state index in [1.807, 2.05) is 65.5 Å². The molecule has 0 radical (unpaired) electrons. The molecule has 31 heavy (non-hydrogen) atoms. The maximum absolute atomic E-state index is 13.0. The molecule has 0 saturated carbocycles. The quantitative estimate of drug-likeness (QED) is 0.211. The van der Waals surface area contributed by atoms with E-state index in [2.05, 4.69) is 31.8 Å². The third kappa shape index (κ3) is 5.42. The highest BCUT2D eigenvalue weighted by atomic mass is 79.9. The third-order valence-electron chi connectivity index (χ3n) is 4.35. The number of hydrazone groups is 1. The minimum atomic E-state index is -0.307. The number of para-hydroxylation sites is 1. The van der Waals surface area contributed by atoms with E-state index in [0.29, 0.717) is 10.8 Å². The van der Waals surface area contributed by atoms with E-state index in [0.717, 1.165) is 27.0 Å². The van der Waals surface area contributed by atoms with E-state index in [-0.39, 0.29) is 5.82 Å². The summed E-state index contributed by atoms with van der Waals surface area (Å²) in [5.74, 6) is -0.307. The van der Waals surface area contributed by atoms with Gasteiger partial charge < -0.3 is 5.32 Å². The number of halogens is 2. The lowest BCUT2D eigenvalue weighted by molar-refractivity contribution is 0.628. The van der Waals surface area contributed by atoms with Crippen molar-refractivity contribution in [3.8, 4) is 16.9 Å². The molecule has 5 nitrogen and oxygen atoms in total. The maximum Gasteiger partial charge on any atom is 0.191 e. The summed E-state index contributed by atoms with van der Waals surface area (Å²) in [6.45, 7) is 0. The molecule has 0 bridgehead atoms. The maximum atomic E-state index is 13.0. The number of nitrogens with zero attached hydrogens (tertiary/aromatic N) is 3. The van der Waals surface area contributed by atoms with Crippen LogP contribution in [0.3, 0.4) is 0 Å². The first-order valence-corrected chi connectivity index (χ1v) is 10.6. The molecule has 0 saturated heterocycles. The minimum Gasteiger partial charge on any atom is -0.331 e. The normalized spacial score (nSPS) is 10.9. The molecule has 0 spiro atoms. The van der Waals surface area contributed by atoms with E-state index in [9.17, 15) is 4.39 Å². The van der Waals surface area contributed by atoms with Crippen LogP contribution in [0.1, 0.15) is 5.56 Å². The first-order chi connectivity index (χ1) is 15.1. The first-order valence-electron chi connectivity index (χ1n) is 9.35. The molecule has 0 aliphatic heterocycles. The number of aromatic nitrogens is 2. The van der Waals surface area contributed by atoms with Crippen molar-refractivity contribution in [2.24, 2.45) is 5.10 Å². The monoisotopic (exact) mass is 493 g/mol. The van der Waals surface area contributed by atoms with Crippen LogP contribution in [0, 0.1) is 5.82 Å². The lowest BCUT2D eigenvalue weighted by Crippen LogP contribution is -2.23. The highest BCUT2D eigenvalue weighted by Crippen LogP contribution is 2.24. The molecule has 0 amide bonds. The van der Waals surface area contributed by atoms with E-state index in [4.69, 9.17) is 17.3 Å². The number of anilines is 1. The molecule has 1 heterocycles. The molecular weight excluding hydrogens is 477 g/mol. The Bertz CT molecular complexity index is 1210. The second-order valence-electron chi connectivity index (χ2n) is 6.55. The second kappa shape index (κ2) is 9.63. The molecule has 0 unspecified atom stereocenters. The largest absolute Gasteiger partial charge is 0.331 e. The topological polar surface area (TPSA) is 54.2 Å². The molecule has 4 aromatic rings. The van der Waals surface area contributed by atoms with Crippen LogP contribution in [0.15, 0.2) is 94.6 Å². The first kappa shape index (κ1) is 20.9. The number of hydrogen-bond acceptors (Lipinski definition) is 3. The van der Waals surface area contributed by atoms with Crippen molar-refractivity contribution >= 4 is 45.2 Å². The van der Waals surface area contributed by atoms with Gasteiger partial charge in [0, 0.05) is 27.5 Å². The van der Waals surface area contributed by atoms with Crippen LogP contribution in [-0.2, 0) is 0 Å². The summed E-state index contributed by atoms with van der Waals surface area (Å²) < 4.78 is 15.8. The highest BCUT2D eigenvalue weighted by molar-refractivity contribution is 9.10. The van der Waals surface area contributed by atoms with E-state index in [1.54, 1.807) is 18.3 Å². The predicted octanol–water partition coefficient (Wildman–Crippen LogP) is 5.76. The fourth-order valence-electron chi connectivity index (χ4n) is 2.88. The summed E-state index contributed by atoms with van der Waals surface area (Å²) in [5.41, 5.74) is 6.97. The lowest BCUT2D eigenvalue weighted by Gasteiger charge is -2.06. The Morgan fingerprint density at radius 3 is 2.42 bits per heavy atom. The van der Waals surface area contributed by atoms with E-state index in [1.165, 1.54) is 12.1 Å².